The summed E-state index contributed by atoms with van der Waals surface area (Å²) in [6.45, 7) is 5.16. The largest absolute Gasteiger partial charge is 0.494 e. The minimum Gasteiger partial charge on any atom is -0.494 e. The number of ether oxygens (including phenoxy) is 2. The molecule has 0 atom stereocenters. The number of imidazole rings is 1. The molecule has 0 saturated heterocycles. The van der Waals surface area contributed by atoms with Crippen LogP contribution in [0.2, 0.25) is 0 Å². The van der Waals surface area contributed by atoms with Gasteiger partial charge in [-0.2, -0.15) is 0 Å². The van der Waals surface area contributed by atoms with Crippen molar-refractivity contribution in [2.45, 2.75) is 20.3 Å². The topological polar surface area (TPSA) is 77.8 Å². The zero-order chi connectivity index (χ0) is 22.8. The molecular formula is C24H22N4O3S2. The molecule has 9 heteroatoms. The van der Waals surface area contributed by atoms with Gasteiger partial charge in [-0.1, -0.05) is 11.3 Å². The van der Waals surface area contributed by atoms with Crippen LogP contribution in [0, 0.1) is 0 Å². The van der Waals surface area contributed by atoms with Crippen molar-refractivity contribution in [1.29, 1.82) is 0 Å². The molecule has 0 saturated carbocycles. The first-order valence-corrected chi connectivity index (χ1v) is 12.3. The van der Waals surface area contributed by atoms with E-state index in [1.807, 2.05) is 72.3 Å². The van der Waals surface area contributed by atoms with E-state index in [-0.39, 0.29) is 12.3 Å². The van der Waals surface area contributed by atoms with E-state index in [0.717, 1.165) is 43.6 Å². The van der Waals surface area contributed by atoms with Gasteiger partial charge >= 0.3 is 0 Å². The van der Waals surface area contributed by atoms with E-state index in [1.165, 1.54) is 22.7 Å². The Morgan fingerprint density at radius 2 is 1.79 bits per heavy atom. The third-order valence-electron chi connectivity index (χ3n) is 5.00. The lowest BCUT2D eigenvalue weighted by atomic mass is 10.1. The number of fused-ring (bicyclic) bond motifs is 2. The Morgan fingerprint density at radius 3 is 2.58 bits per heavy atom. The normalized spacial score (nSPS) is 11.2. The summed E-state index contributed by atoms with van der Waals surface area (Å²) in [6, 6.07) is 13.6. The van der Waals surface area contributed by atoms with Crippen molar-refractivity contribution in [3.05, 3.63) is 59.7 Å². The fraction of sp³-hybridized carbons (Fsp3) is 0.208. The van der Waals surface area contributed by atoms with Gasteiger partial charge in [0.25, 0.3) is 0 Å². The summed E-state index contributed by atoms with van der Waals surface area (Å²) in [5, 5.41) is 5.48. The number of thiazole rings is 2. The molecule has 1 amide bonds. The second-order valence-electron chi connectivity index (χ2n) is 7.27. The molecule has 33 heavy (non-hydrogen) atoms. The number of aromatic nitrogens is 3. The van der Waals surface area contributed by atoms with Crippen molar-refractivity contribution < 1.29 is 14.3 Å². The summed E-state index contributed by atoms with van der Waals surface area (Å²) in [6.07, 6.45) is 2.20. The molecule has 5 rings (SSSR count). The number of rotatable bonds is 8. The van der Waals surface area contributed by atoms with Crippen molar-refractivity contribution in [3.8, 4) is 22.8 Å². The van der Waals surface area contributed by atoms with Gasteiger partial charge in [0.2, 0.25) is 5.91 Å². The lowest BCUT2D eigenvalue weighted by molar-refractivity contribution is -0.115. The monoisotopic (exact) mass is 478 g/mol. The molecule has 0 aliphatic heterocycles. The van der Waals surface area contributed by atoms with E-state index in [2.05, 4.69) is 10.3 Å². The Hall–Kier alpha value is -3.43. The number of anilines is 1. The molecule has 7 nitrogen and oxygen atoms in total. The van der Waals surface area contributed by atoms with Crippen molar-refractivity contribution in [3.63, 3.8) is 0 Å². The molecule has 0 bridgehead atoms. The molecular weight excluding hydrogens is 456 g/mol. The summed E-state index contributed by atoms with van der Waals surface area (Å²) in [7, 11) is 0. The number of nitrogens with zero attached hydrogens (tertiary/aromatic N) is 3. The highest BCUT2D eigenvalue weighted by Crippen LogP contribution is 2.30. The first-order chi connectivity index (χ1) is 16.1. The van der Waals surface area contributed by atoms with Gasteiger partial charge in [0, 0.05) is 22.8 Å². The fourth-order valence-corrected chi connectivity index (χ4v) is 5.31. The zero-order valence-corrected chi connectivity index (χ0v) is 19.8. The molecule has 168 valence electrons. The second-order valence-corrected chi connectivity index (χ2v) is 9.14. The highest BCUT2D eigenvalue weighted by molar-refractivity contribution is 7.22. The Morgan fingerprint density at radius 1 is 1.03 bits per heavy atom. The fourth-order valence-electron chi connectivity index (χ4n) is 3.53. The quantitative estimate of drug-likeness (QED) is 0.312. The number of carbonyl (C=O) groups is 1. The van der Waals surface area contributed by atoms with E-state index in [4.69, 9.17) is 14.5 Å². The third-order valence-corrected chi connectivity index (χ3v) is 6.83. The average molecular weight is 479 g/mol. The number of hydrogen-bond acceptors (Lipinski definition) is 7. The Labute approximate surface area is 198 Å². The molecule has 0 radical (unpaired) electrons. The maximum Gasteiger partial charge on any atom is 0.232 e. The van der Waals surface area contributed by atoms with E-state index < -0.39 is 0 Å². The summed E-state index contributed by atoms with van der Waals surface area (Å²) < 4.78 is 14.0. The molecule has 0 aliphatic carbocycles. The SMILES string of the molecule is CCOc1ccc(-c2cn3c(CC(=O)Nc4nc5ccc(OCC)cc5s4)csc3n2)cc1. The van der Waals surface area contributed by atoms with Crippen LogP contribution >= 0.6 is 22.7 Å². The zero-order valence-electron chi connectivity index (χ0n) is 18.2. The van der Waals surface area contributed by atoms with Crippen LogP contribution in [0.5, 0.6) is 11.5 Å². The van der Waals surface area contributed by atoms with Gasteiger partial charge in [-0.25, -0.2) is 9.97 Å². The molecule has 0 fully saturated rings. The molecule has 1 N–H and O–H groups in total. The maximum atomic E-state index is 12.7. The maximum absolute atomic E-state index is 12.7. The van der Waals surface area contributed by atoms with Crippen LogP contribution in [0.15, 0.2) is 54.0 Å². The Balaban J connectivity index is 1.30. The van der Waals surface area contributed by atoms with Gasteiger partial charge in [-0.05, 0) is 56.3 Å². The van der Waals surface area contributed by atoms with Gasteiger partial charge in [0.05, 0.1) is 35.5 Å². The number of amides is 1. The number of nitrogens with one attached hydrogen (secondary N) is 1. The van der Waals surface area contributed by atoms with E-state index in [0.29, 0.717) is 18.3 Å². The van der Waals surface area contributed by atoms with Gasteiger partial charge in [-0.3, -0.25) is 9.20 Å². The van der Waals surface area contributed by atoms with E-state index in [1.54, 1.807) is 0 Å². The lowest BCUT2D eigenvalue weighted by Crippen LogP contribution is -2.15. The summed E-state index contributed by atoms with van der Waals surface area (Å²) in [5.41, 5.74) is 3.59. The van der Waals surface area contributed by atoms with Crippen molar-refractivity contribution in [2.75, 3.05) is 18.5 Å². The van der Waals surface area contributed by atoms with Crippen LogP contribution in [-0.4, -0.2) is 33.5 Å². The molecule has 2 aromatic carbocycles. The Kier molecular flexibility index (Phi) is 5.97. The predicted molar refractivity (Wildman–Crippen MR) is 133 cm³/mol. The van der Waals surface area contributed by atoms with Crippen molar-refractivity contribution in [2.24, 2.45) is 0 Å². The summed E-state index contributed by atoms with van der Waals surface area (Å²) in [5.74, 6) is 1.52. The van der Waals surface area contributed by atoms with Gasteiger partial charge < -0.3 is 14.8 Å². The lowest BCUT2D eigenvalue weighted by Gasteiger charge is -2.03. The van der Waals surface area contributed by atoms with E-state index in [9.17, 15) is 4.79 Å². The van der Waals surface area contributed by atoms with Gasteiger partial charge in [-0.15, -0.1) is 11.3 Å². The van der Waals surface area contributed by atoms with Crippen molar-refractivity contribution in [1.82, 2.24) is 14.4 Å². The third kappa shape index (κ3) is 4.55. The number of hydrogen-bond donors (Lipinski definition) is 1. The Bertz CT molecular complexity index is 1420. The summed E-state index contributed by atoms with van der Waals surface area (Å²) in [4.78, 5) is 22.8. The van der Waals surface area contributed by atoms with Crippen molar-refractivity contribution >= 4 is 48.9 Å². The molecule has 3 heterocycles. The first kappa shape index (κ1) is 21.4. The first-order valence-electron chi connectivity index (χ1n) is 10.6. The van der Waals surface area contributed by atoms with Crippen LogP contribution in [0.3, 0.4) is 0 Å². The van der Waals surface area contributed by atoms with Crippen LogP contribution in [0.25, 0.3) is 26.4 Å². The molecule has 0 aliphatic rings. The summed E-state index contributed by atoms with van der Waals surface area (Å²) >= 11 is 2.96. The minimum absolute atomic E-state index is 0.116. The highest BCUT2D eigenvalue weighted by atomic mass is 32.1. The predicted octanol–water partition coefficient (Wildman–Crippen LogP) is 5.65. The molecule has 0 spiro atoms. The standard InChI is InChI=1S/C24H22N4O3S2/c1-3-30-17-7-5-15(6-8-17)20-13-28-16(14-32-24(28)26-20)11-22(29)27-23-25-19-10-9-18(31-4-2)12-21(19)33-23/h5-10,12-14H,3-4,11H2,1-2H3,(H,25,27,29). The van der Waals surface area contributed by atoms with Gasteiger partial charge in [0.1, 0.15) is 11.5 Å². The highest BCUT2D eigenvalue weighted by Gasteiger charge is 2.14. The average Bonchev–Trinajstić information content (AvgIpc) is 3.49. The van der Waals surface area contributed by atoms with Gasteiger partial charge in [0.15, 0.2) is 10.1 Å². The number of carbonyl (C=O) groups excluding carboxylic acids is 1. The van der Waals surface area contributed by atoms with Crippen LogP contribution in [-0.2, 0) is 11.2 Å². The van der Waals surface area contributed by atoms with Crippen LogP contribution in [0.4, 0.5) is 5.13 Å². The second kappa shape index (κ2) is 9.21. The smallest absolute Gasteiger partial charge is 0.232 e. The number of benzene rings is 2. The molecule has 5 aromatic rings. The minimum atomic E-state index is -0.116. The van der Waals surface area contributed by atoms with Crippen LogP contribution in [0.1, 0.15) is 19.5 Å². The van der Waals surface area contributed by atoms with E-state index >= 15 is 0 Å². The molecule has 3 aromatic heterocycles. The molecule has 0 unspecified atom stereocenters. The van der Waals surface area contributed by atoms with Crippen LogP contribution < -0.4 is 14.8 Å².